The quantitative estimate of drug-likeness (QED) is 0.467. The molecule has 1 fully saturated rings. The van der Waals surface area contributed by atoms with Gasteiger partial charge in [-0.3, -0.25) is 0 Å². The number of aromatic nitrogens is 2. The maximum absolute atomic E-state index is 12.5. The number of nitrogens with zero attached hydrogens (tertiary/aromatic N) is 3. The zero-order chi connectivity index (χ0) is 21.6. The zero-order valence-corrected chi connectivity index (χ0v) is 18.2. The third kappa shape index (κ3) is 6.40. The van der Waals surface area contributed by atoms with Crippen LogP contribution in [0, 0.1) is 11.3 Å². The van der Waals surface area contributed by atoms with Gasteiger partial charge in [0.1, 0.15) is 17.5 Å². The molecule has 1 aromatic heterocycles. The third-order valence-electron chi connectivity index (χ3n) is 4.69. The summed E-state index contributed by atoms with van der Waals surface area (Å²) in [5.74, 6) is 1.00. The van der Waals surface area contributed by atoms with Crippen LogP contribution in [0.1, 0.15) is 45.1 Å². The predicted molar refractivity (Wildman–Crippen MR) is 118 cm³/mol. The van der Waals surface area contributed by atoms with Gasteiger partial charge < -0.3 is 16.0 Å². The summed E-state index contributed by atoms with van der Waals surface area (Å²) in [5, 5.41) is 18.8. The number of nitrogens with one attached hydrogen (secondary N) is 3. The number of sulfone groups is 1. The first kappa shape index (κ1) is 22.0. The van der Waals surface area contributed by atoms with E-state index in [-0.39, 0.29) is 5.75 Å². The lowest BCUT2D eigenvalue weighted by molar-refractivity contribution is 0.560. The summed E-state index contributed by atoms with van der Waals surface area (Å²) in [6, 6.07) is 9.44. The molecule has 0 atom stereocenters. The minimum absolute atomic E-state index is 0.133. The van der Waals surface area contributed by atoms with Crippen LogP contribution in [0.3, 0.4) is 0 Å². The molecule has 2 aromatic rings. The van der Waals surface area contributed by atoms with Crippen LogP contribution in [0.25, 0.3) is 0 Å². The van der Waals surface area contributed by atoms with E-state index >= 15 is 0 Å². The Labute approximate surface area is 178 Å². The molecular formula is C21H28N6O2S. The molecule has 1 heterocycles. The van der Waals surface area contributed by atoms with Gasteiger partial charge in [0.2, 0.25) is 5.95 Å². The molecule has 30 heavy (non-hydrogen) atoms. The van der Waals surface area contributed by atoms with Crippen molar-refractivity contribution >= 4 is 27.3 Å². The van der Waals surface area contributed by atoms with Crippen LogP contribution in [-0.2, 0) is 9.84 Å². The van der Waals surface area contributed by atoms with Gasteiger partial charge in [-0.15, -0.1) is 0 Å². The van der Waals surface area contributed by atoms with Crippen LogP contribution in [0.4, 0.5) is 17.5 Å². The minimum Gasteiger partial charge on any atom is -0.366 e. The summed E-state index contributed by atoms with van der Waals surface area (Å²) < 4.78 is 25.0. The van der Waals surface area contributed by atoms with Crippen LogP contribution in [0.5, 0.6) is 0 Å². The molecule has 0 amide bonds. The number of anilines is 3. The maximum Gasteiger partial charge on any atom is 0.229 e. The lowest BCUT2D eigenvalue weighted by Crippen LogP contribution is -2.24. The summed E-state index contributed by atoms with van der Waals surface area (Å²) in [6.07, 6.45) is 5.07. The lowest BCUT2D eigenvalue weighted by atomic mass is 10.3. The van der Waals surface area contributed by atoms with E-state index in [4.69, 9.17) is 0 Å². The molecule has 0 spiro atoms. The van der Waals surface area contributed by atoms with Crippen molar-refractivity contribution in [2.75, 3.05) is 22.9 Å². The minimum atomic E-state index is -3.31. The molecule has 8 nitrogen and oxygen atoms in total. The van der Waals surface area contributed by atoms with E-state index in [2.05, 4.69) is 45.8 Å². The Hall–Kier alpha value is -2.70. The molecule has 1 saturated carbocycles. The van der Waals surface area contributed by atoms with Gasteiger partial charge in [0.05, 0.1) is 16.8 Å². The van der Waals surface area contributed by atoms with Crippen molar-refractivity contribution in [3.63, 3.8) is 0 Å². The molecule has 160 valence electrons. The smallest absolute Gasteiger partial charge is 0.229 e. The van der Waals surface area contributed by atoms with Crippen molar-refractivity contribution < 1.29 is 8.42 Å². The second-order valence-corrected chi connectivity index (χ2v) is 9.88. The van der Waals surface area contributed by atoms with E-state index < -0.39 is 9.84 Å². The molecule has 0 bridgehead atoms. The molecule has 1 aliphatic rings. The first-order chi connectivity index (χ1) is 14.4. The van der Waals surface area contributed by atoms with Gasteiger partial charge in [0.15, 0.2) is 9.84 Å². The number of unbranched alkanes of at least 4 members (excludes halogenated alkanes) is 1. The predicted octanol–water partition coefficient (Wildman–Crippen LogP) is 3.22. The van der Waals surface area contributed by atoms with Crippen molar-refractivity contribution in [1.29, 1.82) is 5.26 Å². The fourth-order valence-corrected chi connectivity index (χ4v) is 4.23. The molecular weight excluding hydrogens is 400 g/mol. The van der Waals surface area contributed by atoms with Crippen molar-refractivity contribution in [2.45, 2.75) is 56.5 Å². The topological polar surface area (TPSA) is 120 Å². The molecule has 0 saturated heterocycles. The highest BCUT2D eigenvalue weighted by Crippen LogP contribution is 2.26. The second-order valence-electron chi connectivity index (χ2n) is 7.77. The highest BCUT2D eigenvalue weighted by Gasteiger charge is 2.23. The molecule has 0 aliphatic heterocycles. The zero-order valence-electron chi connectivity index (χ0n) is 17.4. The van der Waals surface area contributed by atoms with Gasteiger partial charge in [-0.2, -0.15) is 10.2 Å². The van der Waals surface area contributed by atoms with Crippen molar-refractivity contribution in [3.05, 3.63) is 36.0 Å². The summed E-state index contributed by atoms with van der Waals surface area (Å²) in [6.45, 7) is 4.96. The highest BCUT2D eigenvalue weighted by molar-refractivity contribution is 7.91. The van der Waals surface area contributed by atoms with Crippen LogP contribution in [0.2, 0.25) is 0 Å². The van der Waals surface area contributed by atoms with E-state index in [9.17, 15) is 13.7 Å². The largest absolute Gasteiger partial charge is 0.366 e. The Morgan fingerprint density at radius 2 is 1.93 bits per heavy atom. The molecule has 3 rings (SSSR count). The summed E-state index contributed by atoms with van der Waals surface area (Å²) in [4.78, 5) is 8.85. The van der Waals surface area contributed by atoms with E-state index in [1.54, 1.807) is 24.3 Å². The SMILES string of the molecule is CC(C)NCCCCS(=O)(=O)c1ccc(Nc2ncc(C#N)c(NC3CC3)n2)cc1. The number of hydrogen-bond donors (Lipinski definition) is 3. The average molecular weight is 429 g/mol. The Morgan fingerprint density at radius 3 is 2.57 bits per heavy atom. The van der Waals surface area contributed by atoms with Gasteiger partial charge in [-0.05, 0) is 56.5 Å². The van der Waals surface area contributed by atoms with Gasteiger partial charge in [-0.1, -0.05) is 13.8 Å². The first-order valence-corrected chi connectivity index (χ1v) is 11.9. The number of nitriles is 1. The van der Waals surface area contributed by atoms with E-state index in [1.807, 2.05) is 0 Å². The van der Waals surface area contributed by atoms with Gasteiger partial charge in [0, 0.05) is 17.8 Å². The lowest BCUT2D eigenvalue weighted by Gasteiger charge is -2.10. The summed E-state index contributed by atoms with van der Waals surface area (Å²) in [7, 11) is -3.31. The molecule has 1 aromatic carbocycles. The second kappa shape index (κ2) is 9.87. The fraction of sp³-hybridized carbons (Fsp3) is 0.476. The molecule has 9 heteroatoms. The monoisotopic (exact) mass is 428 g/mol. The summed E-state index contributed by atoms with van der Waals surface area (Å²) in [5.41, 5.74) is 1.08. The standard InChI is InChI=1S/C21H28N6O2S/c1-15(2)23-11-3-4-12-30(28,29)19-9-7-18(8-10-19)26-21-24-14-16(13-22)20(27-21)25-17-5-6-17/h7-10,14-15,17,23H,3-6,11-12H2,1-2H3,(H2,24,25,26,27). The van der Waals surface area contributed by atoms with Crippen LogP contribution in [-0.4, -0.2) is 42.8 Å². The number of rotatable bonds is 11. The Kier molecular flexibility index (Phi) is 7.24. The van der Waals surface area contributed by atoms with Crippen LogP contribution in [0.15, 0.2) is 35.4 Å². The van der Waals surface area contributed by atoms with Crippen molar-refractivity contribution in [3.8, 4) is 6.07 Å². The van der Waals surface area contributed by atoms with Gasteiger partial charge in [0.25, 0.3) is 0 Å². The van der Waals surface area contributed by atoms with Crippen molar-refractivity contribution in [2.24, 2.45) is 0 Å². The Morgan fingerprint density at radius 1 is 1.20 bits per heavy atom. The molecule has 0 radical (unpaired) electrons. The number of benzene rings is 1. The van der Waals surface area contributed by atoms with Crippen LogP contribution >= 0.6 is 0 Å². The van der Waals surface area contributed by atoms with Crippen molar-refractivity contribution in [1.82, 2.24) is 15.3 Å². The molecule has 1 aliphatic carbocycles. The van der Waals surface area contributed by atoms with E-state index in [0.29, 0.717) is 46.4 Å². The van der Waals surface area contributed by atoms with Crippen LogP contribution < -0.4 is 16.0 Å². The summed E-state index contributed by atoms with van der Waals surface area (Å²) >= 11 is 0. The fourth-order valence-electron chi connectivity index (χ4n) is 2.86. The molecule has 0 unspecified atom stereocenters. The normalized spacial score (nSPS) is 13.8. The average Bonchev–Trinajstić information content (AvgIpc) is 3.52. The molecule has 3 N–H and O–H groups in total. The highest BCUT2D eigenvalue weighted by atomic mass is 32.2. The van der Waals surface area contributed by atoms with E-state index in [1.165, 1.54) is 6.20 Å². The van der Waals surface area contributed by atoms with E-state index in [0.717, 1.165) is 25.8 Å². The maximum atomic E-state index is 12.5. The van der Waals surface area contributed by atoms with Gasteiger partial charge in [-0.25, -0.2) is 13.4 Å². The Bertz CT molecular complexity index is 995. The van der Waals surface area contributed by atoms with Gasteiger partial charge >= 0.3 is 0 Å². The number of hydrogen-bond acceptors (Lipinski definition) is 8. The third-order valence-corrected chi connectivity index (χ3v) is 6.51. The first-order valence-electron chi connectivity index (χ1n) is 10.2. The Balaban J connectivity index is 1.59.